The largest absolute Gasteiger partial charge is 0.454 e. The van der Waals surface area contributed by atoms with Gasteiger partial charge in [-0.1, -0.05) is 37.6 Å². The summed E-state index contributed by atoms with van der Waals surface area (Å²) in [6.45, 7) is 12.7. The fourth-order valence-electron chi connectivity index (χ4n) is 3.52. The van der Waals surface area contributed by atoms with Gasteiger partial charge in [-0.2, -0.15) is 0 Å². The van der Waals surface area contributed by atoms with Gasteiger partial charge in [-0.05, 0) is 63.4 Å². The molecule has 122 valence electrons. The third-order valence-corrected chi connectivity index (χ3v) is 5.62. The third-order valence-electron chi connectivity index (χ3n) is 5.62. The van der Waals surface area contributed by atoms with Gasteiger partial charge < -0.3 is 4.74 Å². The van der Waals surface area contributed by atoms with Gasteiger partial charge in [0.25, 0.3) is 0 Å². The van der Waals surface area contributed by atoms with Crippen molar-refractivity contribution in [2.75, 3.05) is 0 Å². The van der Waals surface area contributed by atoms with Crippen molar-refractivity contribution in [1.29, 1.82) is 0 Å². The van der Waals surface area contributed by atoms with Crippen molar-refractivity contribution < 1.29 is 9.53 Å². The molecular formula is C20H30O2. The minimum absolute atomic E-state index is 0.132. The number of fused-ring (bicyclic) bond motifs is 1. The fraction of sp³-hybridized carbons (Fsp3) is 0.650. The standard InChI is InChI=1S/C20H30O2/c1-7-14(3)19(21)22-18-11-9-13(2)8-10-16-17(12-15(18)4)20(16,5)6/h7,9,12,16-18H,8,10-11H2,1-6H3/b13-9+,14-7-,15-12?/t16-,17-,18-/m1/s1. The van der Waals surface area contributed by atoms with Gasteiger partial charge in [0.05, 0.1) is 0 Å². The van der Waals surface area contributed by atoms with Crippen molar-refractivity contribution in [2.24, 2.45) is 17.3 Å². The molecule has 0 amide bonds. The van der Waals surface area contributed by atoms with Crippen molar-refractivity contribution in [3.8, 4) is 0 Å². The van der Waals surface area contributed by atoms with Gasteiger partial charge in [-0.25, -0.2) is 4.79 Å². The van der Waals surface area contributed by atoms with Crippen LogP contribution in [0.4, 0.5) is 0 Å². The molecule has 2 nitrogen and oxygen atoms in total. The first-order valence-electron chi connectivity index (χ1n) is 8.45. The summed E-state index contributed by atoms with van der Waals surface area (Å²) in [5.74, 6) is 1.19. The Morgan fingerprint density at radius 3 is 2.68 bits per heavy atom. The third kappa shape index (κ3) is 3.53. The molecule has 0 aromatic carbocycles. The lowest BCUT2D eigenvalue weighted by atomic mass is 9.99. The van der Waals surface area contributed by atoms with Crippen LogP contribution in [0.3, 0.4) is 0 Å². The van der Waals surface area contributed by atoms with Crippen molar-refractivity contribution >= 4 is 5.97 Å². The number of carbonyl (C=O) groups is 1. The van der Waals surface area contributed by atoms with Gasteiger partial charge >= 0.3 is 5.97 Å². The SMILES string of the molecule is C/C=C(/C)C(=O)O[C@@H]1C/C=C(\C)CC[C@@H]2[C@@H](C=C1C)C2(C)C. The topological polar surface area (TPSA) is 26.3 Å². The van der Waals surface area contributed by atoms with E-state index in [1.165, 1.54) is 17.6 Å². The summed E-state index contributed by atoms with van der Waals surface area (Å²) >= 11 is 0. The smallest absolute Gasteiger partial charge is 0.333 e. The lowest BCUT2D eigenvalue weighted by Crippen LogP contribution is -2.20. The molecule has 0 aliphatic heterocycles. The summed E-state index contributed by atoms with van der Waals surface area (Å²) in [6.07, 6.45) is 9.50. The summed E-state index contributed by atoms with van der Waals surface area (Å²) < 4.78 is 5.75. The Balaban J connectivity index is 2.21. The molecule has 2 aliphatic rings. The Kier molecular flexibility index (Phi) is 4.99. The van der Waals surface area contributed by atoms with Crippen LogP contribution >= 0.6 is 0 Å². The molecule has 0 aromatic rings. The molecule has 0 spiro atoms. The minimum Gasteiger partial charge on any atom is -0.454 e. The summed E-state index contributed by atoms with van der Waals surface area (Å²) in [6, 6.07) is 0. The molecular weight excluding hydrogens is 272 g/mol. The fourth-order valence-corrected chi connectivity index (χ4v) is 3.52. The van der Waals surface area contributed by atoms with E-state index in [0.29, 0.717) is 16.9 Å². The predicted molar refractivity (Wildman–Crippen MR) is 91.4 cm³/mol. The molecule has 0 N–H and O–H groups in total. The van der Waals surface area contributed by atoms with Crippen LogP contribution in [0.1, 0.15) is 60.8 Å². The zero-order valence-corrected chi connectivity index (χ0v) is 14.9. The molecule has 0 heterocycles. The maximum atomic E-state index is 12.1. The number of allylic oxidation sites excluding steroid dienone is 3. The normalized spacial score (nSPS) is 33.9. The lowest BCUT2D eigenvalue weighted by Gasteiger charge is -2.19. The molecule has 0 aromatic heterocycles. The number of esters is 1. The number of ether oxygens (including phenoxy) is 1. The van der Waals surface area contributed by atoms with Gasteiger partial charge in [-0.15, -0.1) is 0 Å². The molecule has 1 fully saturated rings. The van der Waals surface area contributed by atoms with Crippen LogP contribution in [0, 0.1) is 17.3 Å². The Morgan fingerprint density at radius 2 is 2.05 bits per heavy atom. The Labute approximate surface area is 135 Å². The van der Waals surface area contributed by atoms with Crippen LogP contribution in [0.5, 0.6) is 0 Å². The highest BCUT2D eigenvalue weighted by Crippen LogP contribution is 2.61. The van der Waals surface area contributed by atoms with Gasteiger partial charge in [0, 0.05) is 12.0 Å². The van der Waals surface area contributed by atoms with Gasteiger partial charge in [0.2, 0.25) is 0 Å². The molecule has 2 heteroatoms. The zero-order chi connectivity index (χ0) is 16.5. The van der Waals surface area contributed by atoms with E-state index in [1.54, 1.807) is 0 Å². The quantitative estimate of drug-likeness (QED) is 0.397. The second kappa shape index (κ2) is 6.44. The van der Waals surface area contributed by atoms with Crippen LogP contribution in [0.15, 0.2) is 34.9 Å². The van der Waals surface area contributed by atoms with Crippen molar-refractivity contribution in [3.63, 3.8) is 0 Å². The summed E-state index contributed by atoms with van der Waals surface area (Å²) in [7, 11) is 0. The second-order valence-corrected chi connectivity index (χ2v) is 7.55. The highest BCUT2D eigenvalue weighted by Gasteiger charge is 2.55. The van der Waals surface area contributed by atoms with Crippen LogP contribution in [0.25, 0.3) is 0 Å². The number of hydrogen-bond acceptors (Lipinski definition) is 2. The van der Waals surface area contributed by atoms with E-state index in [1.807, 2.05) is 19.9 Å². The van der Waals surface area contributed by atoms with Gasteiger partial charge in [0.1, 0.15) is 6.10 Å². The van der Waals surface area contributed by atoms with Crippen molar-refractivity contribution in [2.45, 2.75) is 66.9 Å². The number of hydrogen-bond donors (Lipinski definition) is 0. The molecule has 0 bridgehead atoms. The van der Waals surface area contributed by atoms with E-state index in [4.69, 9.17) is 4.74 Å². The maximum absolute atomic E-state index is 12.1. The van der Waals surface area contributed by atoms with Gasteiger partial charge in [0.15, 0.2) is 0 Å². The van der Waals surface area contributed by atoms with E-state index in [2.05, 4.69) is 39.8 Å². The molecule has 2 rings (SSSR count). The molecule has 0 radical (unpaired) electrons. The highest BCUT2D eigenvalue weighted by molar-refractivity contribution is 5.87. The predicted octanol–water partition coefficient (Wildman–Crippen LogP) is 5.21. The number of carbonyl (C=O) groups excluding carboxylic acids is 1. The van der Waals surface area contributed by atoms with Gasteiger partial charge in [-0.3, -0.25) is 0 Å². The maximum Gasteiger partial charge on any atom is 0.333 e. The average Bonchev–Trinajstić information content (AvgIpc) is 2.99. The van der Waals surface area contributed by atoms with Crippen molar-refractivity contribution in [3.05, 3.63) is 34.9 Å². The minimum atomic E-state index is -0.199. The lowest BCUT2D eigenvalue weighted by molar-refractivity contribution is -0.142. The summed E-state index contributed by atoms with van der Waals surface area (Å²) in [5, 5.41) is 0. The van der Waals surface area contributed by atoms with Crippen LogP contribution in [-0.4, -0.2) is 12.1 Å². The first-order chi connectivity index (χ1) is 10.3. The van der Waals surface area contributed by atoms with Crippen LogP contribution in [0.2, 0.25) is 0 Å². The van der Waals surface area contributed by atoms with E-state index in [9.17, 15) is 4.79 Å². The van der Waals surface area contributed by atoms with E-state index in [-0.39, 0.29) is 12.1 Å². The summed E-state index contributed by atoms with van der Waals surface area (Å²) in [5.41, 5.74) is 3.68. The Bertz CT molecular complexity index is 534. The molecule has 0 unspecified atom stereocenters. The Morgan fingerprint density at radius 1 is 1.36 bits per heavy atom. The monoisotopic (exact) mass is 302 g/mol. The van der Waals surface area contributed by atoms with E-state index < -0.39 is 0 Å². The number of rotatable bonds is 2. The molecule has 2 aliphatic carbocycles. The first kappa shape index (κ1) is 17.1. The molecule has 1 saturated carbocycles. The molecule has 0 saturated heterocycles. The average molecular weight is 302 g/mol. The van der Waals surface area contributed by atoms with Crippen LogP contribution < -0.4 is 0 Å². The molecule has 3 atom stereocenters. The van der Waals surface area contributed by atoms with E-state index in [0.717, 1.165) is 18.8 Å². The highest BCUT2D eigenvalue weighted by atomic mass is 16.5. The molecule has 22 heavy (non-hydrogen) atoms. The van der Waals surface area contributed by atoms with Crippen molar-refractivity contribution in [1.82, 2.24) is 0 Å². The zero-order valence-electron chi connectivity index (χ0n) is 14.9. The second-order valence-electron chi connectivity index (χ2n) is 7.55. The first-order valence-corrected chi connectivity index (χ1v) is 8.45. The summed E-state index contributed by atoms with van der Waals surface area (Å²) in [4.78, 5) is 12.1. The van der Waals surface area contributed by atoms with E-state index >= 15 is 0 Å². The van der Waals surface area contributed by atoms with Crippen LogP contribution in [-0.2, 0) is 9.53 Å². The Hall–Kier alpha value is -1.31.